The van der Waals surface area contributed by atoms with E-state index >= 15 is 0 Å². The van der Waals surface area contributed by atoms with E-state index in [4.69, 9.17) is 4.74 Å². The summed E-state index contributed by atoms with van der Waals surface area (Å²) >= 11 is 0. The van der Waals surface area contributed by atoms with E-state index in [1.165, 1.54) is 25.0 Å². The van der Waals surface area contributed by atoms with Crippen molar-refractivity contribution in [2.75, 3.05) is 32.8 Å². The molecule has 1 N–H and O–H groups in total. The van der Waals surface area contributed by atoms with Crippen LogP contribution in [0.3, 0.4) is 0 Å². The molecule has 2 saturated heterocycles. The van der Waals surface area contributed by atoms with Crippen molar-refractivity contribution in [3.63, 3.8) is 0 Å². The van der Waals surface area contributed by atoms with Gasteiger partial charge in [0.2, 0.25) is 0 Å². The number of phenolic OH excluding ortho intramolecular Hbond substituents is 1. The number of fused-ring (bicyclic) bond motifs is 1. The van der Waals surface area contributed by atoms with Crippen LogP contribution >= 0.6 is 0 Å². The van der Waals surface area contributed by atoms with E-state index < -0.39 is 5.82 Å². The highest BCUT2D eigenvalue weighted by atomic mass is 19.1. The molecule has 5 nitrogen and oxygen atoms in total. The standard InChI is InChI=1S/C17H21FN2O3/c18-15-7-13(21)3-4-14(15)17(22)19-5-6-20-12(8-19)9-23-10-16(20)11-1-2-11/h3-4,7,11-12,16,21H,1-2,5-6,8-10H2/t12-,16-/m1/s1. The number of morpholine rings is 1. The summed E-state index contributed by atoms with van der Waals surface area (Å²) in [6.45, 7) is 3.43. The predicted molar refractivity (Wildman–Crippen MR) is 81.8 cm³/mol. The number of halogens is 1. The van der Waals surface area contributed by atoms with Gasteiger partial charge < -0.3 is 14.7 Å². The van der Waals surface area contributed by atoms with Gasteiger partial charge in [0.25, 0.3) is 5.91 Å². The summed E-state index contributed by atoms with van der Waals surface area (Å²) in [6, 6.07) is 4.36. The Morgan fingerprint density at radius 1 is 1.26 bits per heavy atom. The van der Waals surface area contributed by atoms with Crippen LogP contribution in [0.15, 0.2) is 18.2 Å². The Hall–Kier alpha value is -1.66. The average Bonchev–Trinajstić information content (AvgIpc) is 3.38. The summed E-state index contributed by atoms with van der Waals surface area (Å²) in [4.78, 5) is 16.8. The van der Waals surface area contributed by atoms with Crippen LogP contribution < -0.4 is 0 Å². The van der Waals surface area contributed by atoms with Crippen molar-refractivity contribution in [2.45, 2.75) is 24.9 Å². The van der Waals surface area contributed by atoms with Crippen molar-refractivity contribution in [1.29, 1.82) is 0 Å². The fourth-order valence-corrected chi connectivity index (χ4v) is 3.80. The summed E-state index contributed by atoms with van der Waals surface area (Å²) in [5, 5.41) is 9.28. The van der Waals surface area contributed by atoms with Crippen LogP contribution in [0.25, 0.3) is 0 Å². The minimum atomic E-state index is -0.673. The lowest BCUT2D eigenvalue weighted by Crippen LogP contribution is -2.63. The second-order valence-corrected chi connectivity index (χ2v) is 6.75. The lowest BCUT2D eigenvalue weighted by molar-refractivity contribution is -0.0816. The van der Waals surface area contributed by atoms with Gasteiger partial charge in [-0.2, -0.15) is 0 Å². The molecule has 3 fully saturated rings. The Bertz CT molecular complexity index is 620. The van der Waals surface area contributed by atoms with Gasteiger partial charge >= 0.3 is 0 Å². The maximum Gasteiger partial charge on any atom is 0.256 e. The first-order valence-electron chi connectivity index (χ1n) is 8.25. The van der Waals surface area contributed by atoms with Crippen LogP contribution in [0, 0.1) is 11.7 Å². The lowest BCUT2D eigenvalue weighted by atomic mass is 10.0. The lowest BCUT2D eigenvalue weighted by Gasteiger charge is -2.48. The van der Waals surface area contributed by atoms with E-state index in [0.717, 1.165) is 25.1 Å². The Balaban J connectivity index is 1.48. The van der Waals surface area contributed by atoms with E-state index in [1.54, 1.807) is 4.90 Å². The minimum absolute atomic E-state index is 0.0201. The highest BCUT2D eigenvalue weighted by Crippen LogP contribution is 2.38. The third-order valence-electron chi connectivity index (χ3n) is 5.19. The van der Waals surface area contributed by atoms with Crippen molar-refractivity contribution in [3.05, 3.63) is 29.6 Å². The molecule has 0 aromatic heterocycles. The molecule has 1 aromatic rings. The molecule has 2 atom stereocenters. The number of benzene rings is 1. The smallest absolute Gasteiger partial charge is 0.256 e. The van der Waals surface area contributed by atoms with Gasteiger partial charge in [0.05, 0.1) is 24.8 Å². The number of hydrogen-bond donors (Lipinski definition) is 1. The molecule has 2 heterocycles. The molecule has 3 aliphatic rings. The Labute approximate surface area is 134 Å². The zero-order chi connectivity index (χ0) is 16.0. The fraction of sp³-hybridized carbons (Fsp3) is 0.588. The maximum atomic E-state index is 13.9. The van der Waals surface area contributed by atoms with Crippen molar-refractivity contribution in [3.8, 4) is 5.75 Å². The molecule has 23 heavy (non-hydrogen) atoms. The van der Waals surface area contributed by atoms with E-state index in [-0.39, 0.29) is 23.3 Å². The van der Waals surface area contributed by atoms with E-state index in [1.807, 2.05) is 0 Å². The molecule has 0 radical (unpaired) electrons. The summed E-state index contributed by atoms with van der Waals surface area (Å²) in [5.41, 5.74) is 0.0201. The zero-order valence-corrected chi connectivity index (χ0v) is 12.9. The van der Waals surface area contributed by atoms with E-state index in [2.05, 4.69) is 4.90 Å². The molecule has 1 aromatic carbocycles. The Morgan fingerprint density at radius 2 is 2.09 bits per heavy atom. The van der Waals surface area contributed by atoms with E-state index in [9.17, 15) is 14.3 Å². The number of aromatic hydroxyl groups is 1. The molecule has 124 valence electrons. The van der Waals surface area contributed by atoms with Crippen LogP contribution in [0.5, 0.6) is 5.75 Å². The molecule has 6 heteroatoms. The molecule has 0 bridgehead atoms. The quantitative estimate of drug-likeness (QED) is 0.896. The summed E-state index contributed by atoms with van der Waals surface area (Å²) < 4.78 is 19.7. The molecule has 1 amide bonds. The van der Waals surface area contributed by atoms with Crippen molar-refractivity contribution in [1.82, 2.24) is 9.80 Å². The van der Waals surface area contributed by atoms with Crippen LogP contribution in [0.1, 0.15) is 23.2 Å². The average molecular weight is 320 g/mol. The van der Waals surface area contributed by atoms with Crippen molar-refractivity contribution < 1.29 is 19.0 Å². The van der Waals surface area contributed by atoms with Gasteiger partial charge in [0, 0.05) is 31.7 Å². The molecule has 2 aliphatic heterocycles. The van der Waals surface area contributed by atoms with Crippen LogP contribution in [-0.2, 0) is 4.74 Å². The monoisotopic (exact) mass is 320 g/mol. The van der Waals surface area contributed by atoms with Gasteiger partial charge in [-0.1, -0.05) is 0 Å². The SMILES string of the molecule is O=C(c1ccc(O)cc1F)N1CCN2[C@@H](COC[C@@H]2C2CC2)C1. The summed E-state index contributed by atoms with van der Waals surface area (Å²) in [7, 11) is 0. The molecular weight excluding hydrogens is 299 g/mol. The van der Waals surface area contributed by atoms with Crippen molar-refractivity contribution >= 4 is 5.91 Å². The van der Waals surface area contributed by atoms with Gasteiger partial charge in [0.15, 0.2) is 0 Å². The van der Waals surface area contributed by atoms with Crippen LogP contribution in [0.4, 0.5) is 4.39 Å². The number of amides is 1. The van der Waals surface area contributed by atoms with Gasteiger partial charge in [-0.05, 0) is 30.9 Å². The topological polar surface area (TPSA) is 53.0 Å². The zero-order valence-electron chi connectivity index (χ0n) is 12.9. The Morgan fingerprint density at radius 3 is 2.83 bits per heavy atom. The molecule has 1 aliphatic carbocycles. The Kier molecular flexibility index (Phi) is 3.73. The first kappa shape index (κ1) is 14.9. The third kappa shape index (κ3) is 2.81. The molecular formula is C17H21FN2O3. The fourth-order valence-electron chi connectivity index (χ4n) is 3.80. The third-order valence-corrected chi connectivity index (χ3v) is 5.19. The first-order valence-corrected chi connectivity index (χ1v) is 8.25. The largest absolute Gasteiger partial charge is 0.508 e. The van der Waals surface area contributed by atoms with Crippen molar-refractivity contribution in [2.24, 2.45) is 5.92 Å². The number of ether oxygens (including phenoxy) is 1. The molecule has 1 saturated carbocycles. The van der Waals surface area contributed by atoms with Crippen LogP contribution in [0.2, 0.25) is 0 Å². The number of carbonyl (C=O) groups excluding carboxylic acids is 1. The number of piperazine rings is 1. The first-order chi connectivity index (χ1) is 11.1. The maximum absolute atomic E-state index is 13.9. The number of rotatable bonds is 2. The van der Waals surface area contributed by atoms with Gasteiger partial charge in [-0.3, -0.25) is 9.69 Å². The predicted octanol–water partition coefficient (Wildman–Crippen LogP) is 1.47. The molecule has 0 unspecified atom stereocenters. The summed E-state index contributed by atoms with van der Waals surface area (Å²) in [6.07, 6.45) is 2.55. The van der Waals surface area contributed by atoms with Gasteiger partial charge in [-0.25, -0.2) is 4.39 Å². The van der Waals surface area contributed by atoms with Crippen LogP contribution in [-0.4, -0.2) is 65.7 Å². The van der Waals surface area contributed by atoms with Gasteiger partial charge in [-0.15, -0.1) is 0 Å². The number of carbonyl (C=O) groups is 1. The van der Waals surface area contributed by atoms with Gasteiger partial charge in [0.1, 0.15) is 11.6 Å². The normalized spacial score (nSPS) is 28.5. The highest BCUT2D eigenvalue weighted by molar-refractivity contribution is 5.94. The molecule has 4 rings (SSSR count). The highest BCUT2D eigenvalue weighted by Gasteiger charge is 2.43. The van der Waals surface area contributed by atoms with E-state index in [0.29, 0.717) is 25.7 Å². The number of hydrogen-bond acceptors (Lipinski definition) is 4. The number of nitrogens with zero attached hydrogens (tertiary/aromatic N) is 2. The summed E-state index contributed by atoms with van der Waals surface area (Å²) in [5.74, 6) is -0.407. The minimum Gasteiger partial charge on any atom is -0.508 e. The molecule has 0 spiro atoms. The second kappa shape index (κ2) is 5.76. The number of phenols is 1. The second-order valence-electron chi connectivity index (χ2n) is 6.75.